The van der Waals surface area contributed by atoms with Crippen molar-refractivity contribution in [2.75, 3.05) is 19.6 Å². The molecule has 22 heavy (non-hydrogen) atoms. The van der Waals surface area contributed by atoms with Crippen molar-refractivity contribution in [2.45, 2.75) is 52.0 Å². The summed E-state index contributed by atoms with van der Waals surface area (Å²) in [7, 11) is 0. The molecule has 0 aliphatic carbocycles. The van der Waals surface area contributed by atoms with E-state index in [4.69, 9.17) is 0 Å². The maximum Gasteiger partial charge on any atom is 0.223 e. The Balaban J connectivity index is 0.00000242. The molecule has 1 saturated heterocycles. The van der Waals surface area contributed by atoms with Crippen molar-refractivity contribution in [1.29, 1.82) is 0 Å². The average molecular weight is 325 g/mol. The second-order valence-corrected chi connectivity index (χ2v) is 6.57. The van der Waals surface area contributed by atoms with Crippen LogP contribution in [0.4, 0.5) is 0 Å². The fraction of sp³-hybridized carbons (Fsp3) is 0.611. The van der Waals surface area contributed by atoms with Crippen molar-refractivity contribution in [2.24, 2.45) is 0 Å². The first-order chi connectivity index (χ1) is 9.99. The number of hydrogen-bond acceptors (Lipinski definition) is 2. The lowest BCUT2D eigenvalue weighted by atomic mass is 9.93. The minimum absolute atomic E-state index is 0. The molecule has 1 aliphatic rings. The molecule has 0 aromatic heterocycles. The van der Waals surface area contributed by atoms with Gasteiger partial charge in [-0.2, -0.15) is 0 Å². The van der Waals surface area contributed by atoms with E-state index in [9.17, 15) is 4.79 Å². The second kappa shape index (κ2) is 8.54. The van der Waals surface area contributed by atoms with E-state index >= 15 is 0 Å². The molecule has 2 rings (SSSR count). The third-order valence-corrected chi connectivity index (χ3v) is 4.47. The average Bonchev–Trinajstić information content (AvgIpc) is 2.47. The quantitative estimate of drug-likeness (QED) is 0.918. The fourth-order valence-corrected chi connectivity index (χ4v) is 2.92. The van der Waals surface area contributed by atoms with Crippen LogP contribution < -0.4 is 5.32 Å². The maximum atomic E-state index is 12.5. The molecule has 1 fully saturated rings. The van der Waals surface area contributed by atoms with Crippen LogP contribution in [0.25, 0.3) is 0 Å². The van der Waals surface area contributed by atoms with Gasteiger partial charge in [-0.25, -0.2) is 0 Å². The number of hydrogen-bond donors (Lipinski definition) is 1. The monoisotopic (exact) mass is 324 g/mol. The standard InChI is InChI=1S/C18H28N2O.ClH/c1-13(2)16-5-7-17(8-6-16)14(3)11-18(21)20-10-9-19-12-15(20)4;/h5-8,13-15,19H,9-12H2,1-4H3;1H/t14?,15-;/m1./s1. The molecule has 2 atom stereocenters. The van der Waals surface area contributed by atoms with E-state index < -0.39 is 0 Å². The van der Waals surface area contributed by atoms with Gasteiger partial charge in [-0.1, -0.05) is 45.0 Å². The Labute approximate surface area is 140 Å². The zero-order valence-electron chi connectivity index (χ0n) is 14.1. The van der Waals surface area contributed by atoms with Gasteiger partial charge in [0.25, 0.3) is 0 Å². The third-order valence-electron chi connectivity index (χ3n) is 4.47. The van der Waals surface area contributed by atoms with Crippen LogP contribution in [0.15, 0.2) is 24.3 Å². The summed E-state index contributed by atoms with van der Waals surface area (Å²) in [6, 6.07) is 9.04. The van der Waals surface area contributed by atoms with Crippen molar-refractivity contribution < 1.29 is 4.79 Å². The molecule has 0 bridgehead atoms. The lowest BCUT2D eigenvalue weighted by Crippen LogP contribution is -2.52. The van der Waals surface area contributed by atoms with Gasteiger partial charge in [0.05, 0.1) is 0 Å². The SMILES string of the molecule is CC(C)c1ccc(C(C)CC(=O)N2CCNC[C@H]2C)cc1.Cl. The molecule has 1 aliphatic heterocycles. The first-order valence-electron chi connectivity index (χ1n) is 8.09. The highest BCUT2D eigenvalue weighted by Gasteiger charge is 2.24. The Morgan fingerprint density at radius 3 is 2.36 bits per heavy atom. The van der Waals surface area contributed by atoms with E-state index in [1.807, 2.05) is 4.90 Å². The number of nitrogens with one attached hydrogen (secondary N) is 1. The number of nitrogens with zero attached hydrogens (tertiary/aromatic N) is 1. The molecule has 3 nitrogen and oxygen atoms in total. The summed E-state index contributed by atoms with van der Waals surface area (Å²) < 4.78 is 0. The summed E-state index contributed by atoms with van der Waals surface area (Å²) in [4.78, 5) is 14.5. The van der Waals surface area contributed by atoms with Crippen molar-refractivity contribution in [3.05, 3.63) is 35.4 Å². The van der Waals surface area contributed by atoms with E-state index in [0.29, 0.717) is 18.4 Å². The van der Waals surface area contributed by atoms with Crippen LogP contribution in [-0.4, -0.2) is 36.5 Å². The fourth-order valence-electron chi connectivity index (χ4n) is 2.92. The molecule has 0 saturated carbocycles. The molecular formula is C18H29ClN2O. The van der Waals surface area contributed by atoms with Crippen LogP contribution in [0, 0.1) is 0 Å². The van der Waals surface area contributed by atoms with Crippen molar-refractivity contribution in [3.8, 4) is 0 Å². The van der Waals surface area contributed by atoms with Gasteiger partial charge in [-0.15, -0.1) is 12.4 Å². The molecule has 0 spiro atoms. The van der Waals surface area contributed by atoms with Crippen molar-refractivity contribution in [3.63, 3.8) is 0 Å². The van der Waals surface area contributed by atoms with Crippen molar-refractivity contribution >= 4 is 18.3 Å². The van der Waals surface area contributed by atoms with E-state index in [1.54, 1.807) is 0 Å². The topological polar surface area (TPSA) is 32.3 Å². The number of rotatable bonds is 4. The highest BCUT2D eigenvalue weighted by molar-refractivity contribution is 5.85. The van der Waals surface area contributed by atoms with Gasteiger partial charge in [0, 0.05) is 32.1 Å². The maximum absolute atomic E-state index is 12.5. The number of benzene rings is 1. The van der Waals surface area contributed by atoms with Gasteiger partial charge in [0.1, 0.15) is 0 Å². The summed E-state index contributed by atoms with van der Waals surface area (Å²) in [6.45, 7) is 11.3. The summed E-state index contributed by atoms with van der Waals surface area (Å²) in [5.74, 6) is 1.11. The van der Waals surface area contributed by atoms with Gasteiger partial charge in [-0.3, -0.25) is 4.79 Å². The van der Waals surface area contributed by atoms with Crippen LogP contribution in [0.5, 0.6) is 0 Å². The van der Waals surface area contributed by atoms with Crippen LogP contribution >= 0.6 is 12.4 Å². The van der Waals surface area contributed by atoms with Gasteiger partial charge < -0.3 is 10.2 Å². The number of halogens is 1. The summed E-state index contributed by atoms with van der Waals surface area (Å²) in [5, 5.41) is 3.33. The zero-order valence-corrected chi connectivity index (χ0v) is 15.0. The number of piperazine rings is 1. The molecule has 4 heteroatoms. The van der Waals surface area contributed by atoms with Gasteiger partial charge in [0.2, 0.25) is 5.91 Å². The number of carbonyl (C=O) groups is 1. The molecule has 1 N–H and O–H groups in total. The van der Waals surface area contributed by atoms with Crippen LogP contribution in [-0.2, 0) is 4.79 Å². The predicted octanol–water partition coefficient (Wildman–Crippen LogP) is 3.55. The van der Waals surface area contributed by atoms with Gasteiger partial charge in [-0.05, 0) is 29.9 Å². The first-order valence-corrected chi connectivity index (χ1v) is 8.09. The van der Waals surface area contributed by atoms with E-state index in [0.717, 1.165) is 19.6 Å². The molecule has 1 unspecified atom stereocenters. The van der Waals surface area contributed by atoms with E-state index in [1.165, 1.54) is 11.1 Å². The van der Waals surface area contributed by atoms with Crippen molar-refractivity contribution in [1.82, 2.24) is 10.2 Å². The second-order valence-electron chi connectivity index (χ2n) is 6.57. The third kappa shape index (κ3) is 4.72. The Bertz CT molecular complexity index is 472. The molecular weight excluding hydrogens is 296 g/mol. The first kappa shape index (κ1) is 19.0. The smallest absolute Gasteiger partial charge is 0.223 e. The molecule has 1 amide bonds. The Kier molecular flexibility index (Phi) is 7.37. The minimum Gasteiger partial charge on any atom is -0.337 e. The van der Waals surface area contributed by atoms with Gasteiger partial charge in [0.15, 0.2) is 0 Å². The van der Waals surface area contributed by atoms with E-state index in [2.05, 4.69) is 57.3 Å². The predicted molar refractivity (Wildman–Crippen MR) is 94.9 cm³/mol. The lowest BCUT2D eigenvalue weighted by Gasteiger charge is -2.34. The Morgan fingerprint density at radius 1 is 1.23 bits per heavy atom. The number of carbonyl (C=O) groups excluding carboxylic acids is 1. The normalized spacial score (nSPS) is 19.7. The summed E-state index contributed by atoms with van der Waals surface area (Å²) in [6.07, 6.45) is 0.603. The Hall–Kier alpha value is -1.06. The number of amides is 1. The minimum atomic E-state index is 0. The molecule has 1 aromatic rings. The van der Waals surface area contributed by atoms with E-state index in [-0.39, 0.29) is 24.2 Å². The molecule has 1 heterocycles. The van der Waals surface area contributed by atoms with Crippen LogP contribution in [0.2, 0.25) is 0 Å². The lowest BCUT2D eigenvalue weighted by molar-refractivity contribution is -0.134. The van der Waals surface area contributed by atoms with Crippen LogP contribution in [0.3, 0.4) is 0 Å². The molecule has 124 valence electrons. The zero-order chi connectivity index (χ0) is 15.4. The highest BCUT2D eigenvalue weighted by Crippen LogP contribution is 2.23. The Morgan fingerprint density at radius 2 is 1.82 bits per heavy atom. The van der Waals surface area contributed by atoms with Gasteiger partial charge >= 0.3 is 0 Å². The summed E-state index contributed by atoms with van der Waals surface area (Å²) >= 11 is 0. The van der Waals surface area contributed by atoms with Crippen LogP contribution in [0.1, 0.15) is 57.1 Å². The molecule has 0 radical (unpaired) electrons. The summed E-state index contributed by atoms with van der Waals surface area (Å²) in [5.41, 5.74) is 2.61. The molecule has 1 aromatic carbocycles. The largest absolute Gasteiger partial charge is 0.337 e. The highest BCUT2D eigenvalue weighted by atomic mass is 35.5.